The average molecular weight is 656 g/mol. The fourth-order valence-electron chi connectivity index (χ4n) is 5.75. The Hall–Kier alpha value is -2.89. The molecule has 0 atom stereocenters. The van der Waals surface area contributed by atoms with Crippen LogP contribution < -0.4 is 0 Å². The van der Waals surface area contributed by atoms with Crippen LogP contribution in [0.2, 0.25) is 0 Å². The summed E-state index contributed by atoms with van der Waals surface area (Å²) in [7, 11) is 0. The smallest absolute Gasteiger partial charge is 0.109 e. The minimum Gasteiger partial charge on any atom is -0.273 e. The van der Waals surface area contributed by atoms with Crippen LogP contribution in [-0.4, -0.2) is 3.71 Å². The zero-order valence-electron chi connectivity index (χ0n) is 27.9. The Kier molecular flexibility index (Phi) is 11.9. The topological polar surface area (TPSA) is 0 Å². The number of unbranched alkanes of at least 4 members (excludes halogenated alkanes) is 2. The summed E-state index contributed by atoms with van der Waals surface area (Å²) in [5.41, 5.74) is 13.5. The maximum Gasteiger partial charge on any atom is -0.109 e. The van der Waals surface area contributed by atoms with Crippen molar-refractivity contribution >= 4 is 3.71 Å². The molecular formula is C43H48Zr. The predicted octanol–water partition coefficient (Wildman–Crippen LogP) is 11.8. The standard InChI is InChI=1S/C33H33.C5H5.C5H10.Zr/c1-32(2,3)30-20-26-24(18-28(30)22-13-9-7-10-14-22)17-25-19-29(23-15-11-8-12-16-23)31(21-27(25)26)33(4,5)6;1-2-4-5-3-1;1-3-5-4-2;/h7-16,18,20-21H,17H2,1-6H3;1-3H,4H2;1H,3-5H2,2H3;/q2*-1;;+2. The molecule has 0 saturated heterocycles. The first kappa shape index (κ1) is 34.0. The van der Waals surface area contributed by atoms with Crippen LogP contribution in [0.1, 0.15) is 96.4 Å². The molecule has 2 aliphatic rings. The third-order valence-corrected chi connectivity index (χ3v) is 8.82. The molecule has 4 aromatic rings. The molecule has 0 amide bonds. The number of fused-ring (bicyclic) bond motifs is 3. The van der Waals surface area contributed by atoms with Crippen molar-refractivity contribution in [3.63, 3.8) is 0 Å². The Balaban J connectivity index is 0.000000341. The fourth-order valence-corrected chi connectivity index (χ4v) is 6.25. The normalized spacial score (nSPS) is 12.9. The summed E-state index contributed by atoms with van der Waals surface area (Å²) in [5, 5.41) is 0. The van der Waals surface area contributed by atoms with Gasteiger partial charge in [0, 0.05) is 0 Å². The van der Waals surface area contributed by atoms with Gasteiger partial charge < -0.3 is 0 Å². The molecule has 44 heavy (non-hydrogen) atoms. The minimum absolute atomic E-state index is 0.0380. The van der Waals surface area contributed by atoms with E-state index in [-0.39, 0.29) is 10.8 Å². The van der Waals surface area contributed by atoms with E-state index in [0.29, 0.717) is 0 Å². The van der Waals surface area contributed by atoms with Gasteiger partial charge in [0.05, 0.1) is 0 Å². The van der Waals surface area contributed by atoms with E-state index >= 15 is 0 Å². The third kappa shape index (κ3) is 8.64. The molecule has 224 valence electrons. The van der Waals surface area contributed by atoms with E-state index in [1.165, 1.54) is 74.9 Å². The molecule has 0 radical (unpaired) electrons. The van der Waals surface area contributed by atoms with Gasteiger partial charge in [0.25, 0.3) is 0 Å². The first-order valence-electron chi connectivity index (χ1n) is 16.1. The molecule has 0 aromatic heterocycles. The second-order valence-corrected chi connectivity index (χ2v) is 14.8. The summed E-state index contributed by atoms with van der Waals surface area (Å²) in [4.78, 5) is 0. The molecule has 6 rings (SSSR count). The molecule has 0 bridgehead atoms. The SMILES string of the molecule is CC(C)(C)c1cc2c([c-]c1-c1ccccc1)Cc1cc(-c3ccccc3)c(C(C)(C)C)cc1-2.CCCC[CH]=[Zr+2].[C-]1=CC=CC1. The quantitative estimate of drug-likeness (QED) is 0.131. The van der Waals surface area contributed by atoms with Crippen molar-refractivity contribution in [2.75, 3.05) is 0 Å². The Labute approximate surface area is 282 Å². The van der Waals surface area contributed by atoms with Crippen LogP contribution in [0.5, 0.6) is 0 Å². The molecule has 0 fully saturated rings. The van der Waals surface area contributed by atoms with Crippen LogP contribution in [0.15, 0.2) is 97.1 Å². The van der Waals surface area contributed by atoms with Crippen molar-refractivity contribution in [1.29, 1.82) is 0 Å². The van der Waals surface area contributed by atoms with E-state index in [0.717, 1.165) is 12.8 Å². The van der Waals surface area contributed by atoms with E-state index in [9.17, 15) is 0 Å². The largest absolute Gasteiger partial charge is 0.273 e. The summed E-state index contributed by atoms with van der Waals surface area (Å²) in [6.45, 7) is 16.1. The molecule has 0 unspecified atom stereocenters. The average Bonchev–Trinajstić information content (AvgIpc) is 3.71. The minimum atomic E-state index is 0.0380. The van der Waals surface area contributed by atoms with Crippen molar-refractivity contribution in [3.05, 3.63) is 131 Å². The molecule has 4 aromatic carbocycles. The van der Waals surface area contributed by atoms with E-state index in [4.69, 9.17) is 0 Å². The Morgan fingerprint density at radius 1 is 0.750 bits per heavy atom. The van der Waals surface area contributed by atoms with Crippen LogP contribution in [-0.2, 0) is 41.5 Å². The summed E-state index contributed by atoms with van der Waals surface area (Å²) in [5.74, 6) is 0. The van der Waals surface area contributed by atoms with E-state index < -0.39 is 0 Å². The third-order valence-electron chi connectivity index (χ3n) is 8.11. The van der Waals surface area contributed by atoms with Gasteiger partial charge >= 0.3 is 54.1 Å². The van der Waals surface area contributed by atoms with Gasteiger partial charge in [-0.15, -0.1) is 35.2 Å². The van der Waals surface area contributed by atoms with Crippen molar-refractivity contribution in [3.8, 4) is 33.4 Å². The molecule has 0 nitrogen and oxygen atoms in total. The van der Waals surface area contributed by atoms with Gasteiger partial charge in [-0.3, -0.25) is 6.08 Å². The molecule has 0 saturated carbocycles. The fraction of sp³-hybridized carbons (Fsp3) is 0.326. The van der Waals surface area contributed by atoms with Gasteiger partial charge in [0.1, 0.15) is 0 Å². The van der Waals surface area contributed by atoms with Crippen molar-refractivity contribution in [1.82, 2.24) is 0 Å². The first-order chi connectivity index (χ1) is 21.0. The second-order valence-electron chi connectivity index (χ2n) is 13.8. The summed E-state index contributed by atoms with van der Waals surface area (Å²) in [6.07, 6.45) is 15.0. The summed E-state index contributed by atoms with van der Waals surface area (Å²) < 4.78 is 2.30. The van der Waals surface area contributed by atoms with Gasteiger partial charge in [-0.1, -0.05) is 131 Å². The van der Waals surface area contributed by atoms with E-state index in [1.807, 2.05) is 12.2 Å². The van der Waals surface area contributed by atoms with Crippen LogP contribution in [0.3, 0.4) is 0 Å². The zero-order valence-corrected chi connectivity index (χ0v) is 30.3. The van der Waals surface area contributed by atoms with Gasteiger partial charge in [0.2, 0.25) is 0 Å². The molecule has 1 heteroatoms. The number of hydrogen-bond acceptors (Lipinski definition) is 0. The van der Waals surface area contributed by atoms with Crippen LogP contribution in [0.25, 0.3) is 33.4 Å². The molecule has 0 heterocycles. The van der Waals surface area contributed by atoms with E-state index in [2.05, 4.69) is 149 Å². The summed E-state index contributed by atoms with van der Waals surface area (Å²) in [6, 6.07) is 32.8. The molecule has 2 aliphatic carbocycles. The Morgan fingerprint density at radius 3 is 1.84 bits per heavy atom. The van der Waals surface area contributed by atoms with Crippen LogP contribution in [0, 0.1) is 12.1 Å². The zero-order chi connectivity index (χ0) is 31.7. The van der Waals surface area contributed by atoms with Crippen molar-refractivity contribution < 1.29 is 24.2 Å². The number of allylic oxidation sites excluding steroid dienone is 4. The van der Waals surface area contributed by atoms with Crippen LogP contribution >= 0.6 is 0 Å². The Morgan fingerprint density at radius 2 is 1.36 bits per heavy atom. The van der Waals surface area contributed by atoms with Gasteiger partial charge in [0.15, 0.2) is 0 Å². The maximum absolute atomic E-state index is 3.88. The second kappa shape index (κ2) is 15.4. The number of benzene rings is 4. The predicted molar refractivity (Wildman–Crippen MR) is 189 cm³/mol. The molecule has 0 spiro atoms. The van der Waals surface area contributed by atoms with Gasteiger partial charge in [-0.25, -0.2) is 12.2 Å². The number of rotatable bonds is 5. The Bertz CT molecular complexity index is 1470. The molecule has 0 aliphatic heterocycles. The maximum atomic E-state index is 3.88. The van der Waals surface area contributed by atoms with Gasteiger partial charge in [-0.2, -0.15) is 6.08 Å². The molecule has 0 N–H and O–H groups in total. The number of hydrogen-bond donors (Lipinski definition) is 0. The van der Waals surface area contributed by atoms with Crippen molar-refractivity contribution in [2.24, 2.45) is 0 Å². The molecular weight excluding hydrogens is 608 g/mol. The van der Waals surface area contributed by atoms with Gasteiger partial charge in [-0.05, 0) is 39.5 Å². The van der Waals surface area contributed by atoms with Crippen molar-refractivity contribution in [2.45, 2.75) is 91.4 Å². The summed E-state index contributed by atoms with van der Waals surface area (Å²) >= 11 is 1.57. The first-order valence-corrected chi connectivity index (χ1v) is 17.6. The van der Waals surface area contributed by atoms with E-state index in [1.54, 1.807) is 24.2 Å². The van der Waals surface area contributed by atoms with Crippen LogP contribution in [0.4, 0.5) is 0 Å². The monoisotopic (exact) mass is 654 g/mol.